The highest BCUT2D eigenvalue weighted by molar-refractivity contribution is 6.28. The molecule has 2 aromatic rings. The van der Waals surface area contributed by atoms with Crippen LogP contribution in [0.5, 0.6) is 5.75 Å². The number of aromatic nitrogens is 3. The van der Waals surface area contributed by atoms with Crippen molar-refractivity contribution in [2.75, 3.05) is 7.11 Å². The van der Waals surface area contributed by atoms with Crippen molar-refractivity contribution in [1.82, 2.24) is 14.8 Å². The minimum absolute atomic E-state index is 0.158. The van der Waals surface area contributed by atoms with Crippen molar-refractivity contribution in [2.24, 2.45) is 0 Å². The van der Waals surface area contributed by atoms with Gasteiger partial charge in [-0.2, -0.15) is 0 Å². The Morgan fingerprint density at radius 3 is 2.47 bits per heavy atom. The molecule has 0 fully saturated rings. The number of hydrogen-bond donors (Lipinski definition) is 0. The fourth-order valence-corrected chi connectivity index (χ4v) is 2.15. The zero-order valence-electron chi connectivity index (χ0n) is 11.9. The summed E-state index contributed by atoms with van der Waals surface area (Å²) in [7, 11) is 1.64. The van der Waals surface area contributed by atoms with Crippen LogP contribution in [0.25, 0.3) is 5.69 Å². The van der Waals surface area contributed by atoms with E-state index in [4.69, 9.17) is 16.3 Å². The first kappa shape index (κ1) is 13.9. The van der Waals surface area contributed by atoms with E-state index in [2.05, 4.69) is 31.0 Å². The second kappa shape index (κ2) is 4.85. The Morgan fingerprint density at radius 1 is 1.21 bits per heavy atom. The van der Waals surface area contributed by atoms with Gasteiger partial charge in [-0.15, -0.1) is 10.2 Å². The first-order chi connectivity index (χ1) is 8.84. The predicted molar refractivity (Wildman–Crippen MR) is 76.4 cm³/mol. The summed E-state index contributed by atoms with van der Waals surface area (Å²) < 4.78 is 7.25. The third-order valence-corrected chi connectivity index (χ3v) is 3.11. The molecule has 5 heteroatoms. The fraction of sp³-hybridized carbons (Fsp3) is 0.429. The predicted octanol–water partition coefficient (Wildman–Crippen LogP) is 3.54. The number of aryl methyl sites for hydroxylation is 1. The van der Waals surface area contributed by atoms with Crippen LogP contribution in [-0.4, -0.2) is 21.9 Å². The summed E-state index contributed by atoms with van der Waals surface area (Å²) in [6.45, 7) is 8.25. The number of hydrogen-bond acceptors (Lipinski definition) is 3. The van der Waals surface area contributed by atoms with Gasteiger partial charge >= 0.3 is 0 Å². The van der Waals surface area contributed by atoms with Crippen LogP contribution in [0.3, 0.4) is 0 Å². The van der Waals surface area contributed by atoms with Gasteiger partial charge in [0.2, 0.25) is 5.28 Å². The van der Waals surface area contributed by atoms with Crippen molar-refractivity contribution >= 4 is 11.6 Å². The van der Waals surface area contributed by atoms with E-state index in [1.165, 1.54) is 0 Å². The molecule has 0 N–H and O–H groups in total. The average Bonchev–Trinajstić information content (AvgIpc) is 2.70. The number of benzene rings is 1. The van der Waals surface area contributed by atoms with Gasteiger partial charge in [0.15, 0.2) is 0 Å². The molecule has 0 saturated carbocycles. The summed E-state index contributed by atoms with van der Waals surface area (Å²) in [4.78, 5) is 0. The van der Waals surface area contributed by atoms with E-state index in [0.717, 1.165) is 22.8 Å². The van der Waals surface area contributed by atoms with Crippen LogP contribution < -0.4 is 4.74 Å². The minimum atomic E-state index is -0.158. The third-order valence-electron chi connectivity index (χ3n) is 2.87. The molecule has 0 unspecified atom stereocenters. The Balaban J connectivity index is 2.72. The summed E-state index contributed by atoms with van der Waals surface area (Å²) in [5.41, 5.74) is 1.83. The van der Waals surface area contributed by atoms with Gasteiger partial charge in [0, 0.05) is 5.41 Å². The molecule has 0 aliphatic carbocycles. The molecule has 0 amide bonds. The summed E-state index contributed by atoms with van der Waals surface area (Å²) in [6.07, 6.45) is 0. The van der Waals surface area contributed by atoms with Crippen LogP contribution in [0.15, 0.2) is 18.2 Å². The van der Waals surface area contributed by atoms with E-state index in [0.29, 0.717) is 5.28 Å². The van der Waals surface area contributed by atoms with Crippen LogP contribution in [-0.2, 0) is 5.41 Å². The second-order valence-corrected chi connectivity index (χ2v) is 5.89. The number of methoxy groups -OCH3 is 1. The van der Waals surface area contributed by atoms with Crippen molar-refractivity contribution in [3.05, 3.63) is 34.9 Å². The Morgan fingerprint density at radius 2 is 1.89 bits per heavy atom. The molecule has 0 radical (unpaired) electrons. The summed E-state index contributed by atoms with van der Waals surface area (Å²) in [5, 5.41) is 8.52. The Labute approximate surface area is 118 Å². The summed E-state index contributed by atoms with van der Waals surface area (Å²) in [5.74, 6) is 1.55. The first-order valence-corrected chi connectivity index (χ1v) is 6.49. The zero-order chi connectivity index (χ0) is 14.2. The standard InChI is InChI=1S/C14H18ClN3O/c1-9-6-7-11(19-5)10(8-9)18-12(14(2,3)4)16-17-13(18)15/h6-8H,1-5H3. The van der Waals surface area contributed by atoms with Gasteiger partial charge in [-0.1, -0.05) is 26.8 Å². The molecule has 19 heavy (non-hydrogen) atoms. The van der Waals surface area contributed by atoms with Crippen LogP contribution >= 0.6 is 11.6 Å². The van der Waals surface area contributed by atoms with Crippen molar-refractivity contribution < 1.29 is 4.74 Å². The summed E-state index contributed by atoms with van der Waals surface area (Å²) in [6, 6.07) is 5.94. The van der Waals surface area contributed by atoms with Crippen LogP contribution in [0.1, 0.15) is 32.2 Å². The Hall–Kier alpha value is -1.55. The first-order valence-electron chi connectivity index (χ1n) is 6.11. The molecule has 4 nitrogen and oxygen atoms in total. The molecule has 0 spiro atoms. The molecule has 1 heterocycles. The Bertz CT molecular complexity index is 599. The lowest BCUT2D eigenvalue weighted by Crippen LogP contribution is -2.18. The fourth-order valence-electron chi connectivity index (χ4n) is 1.94. The lowest BCUT2D eigenvalue weighted by atomic mass is 9.95. The summed E-state index contributed by atoms with van der Waals surface area (Å²) >= 11 is 6.20. The maximum Gasteiger partial charge on any atom is 0.229 e. The Kier molecular flexibility index (Phi) is 3.54. The second-order valence-electron chi connectivity index (χ2n) is 5.55. The van der Waals surface area contributed by atoms with Gasteiger partial charge in [0.25, 0.3) is 0 Å². The molecule has 0 aliphatic rings. The van der Waals surface area contributed by atoms with Gasteiger partial charge < -0.3 is 4.74 Å². The van der Waals surface area contributed by atoms with Gasteiger partial charge in [-0.3, -0.25) is 4.57 Å². The number of rotatable bonds is 2. The number of ether oxygens (including phenoxy) is 1. The van der Waals surface area contributed by atoms with Gasteiger partial charge in [0.05, 0.1) is 12.8 Å². The van der Waals surface area contributed by atoms with E-state index in [1.807, 2.05) is 29.7 Å². The van der Waals surface area contributed by atoms with Gasteiger partial charge in [-0.05, 0) is 36.2 Å². The largest absolute Gasteiger partial charge is 0.495 e. The topological polar surface area (TPSA) is 39.9 Å². The molecule has 102 valence electrons. The molecule has 1 aromatic heterocycles. The van der Waals surface area contributed by atoms with E-state index < -0.39 is 0 Å². The monoisotopic (exact) mass is 279 g/mol. The van der Waals surface area contributed by atoms with E-state index >= 15 is 0 Å². The molecule has 0 bridgehead atoms. The van der Waals surface area contributed by atoms with Crippen molar-refractivity contribution in [1.29, 1.82) is 0 Å². The van der Waals surface area contributed by atoms with Crippen molar-refractivity contribution in [3.8, 4) is 11.4 Å². The normalized spacial score (nSPS) is 11.7. The quantitative estimate of drug-likeness (QED) is 0.844. The maximum atomic E-state index is 6.20. The highest BCUT2D eigenvalue weighted by Gasteiger charge is 2.25. The molecular formula is C14H18ClN3O. The van der Waals surface area contributed by atoms with Crippen LogP contribution in [0, 0.1) is 6.92 Å². The van der Waals surface area contributed by atoms with E-state index in [9.17, 15) is 0 Å². The average molecular weight is 280 g/mol. The molecule has 0 saturated heterocycles. The highest BCUT2D eigenvalue weighted by Crippen LogP contribution is 2.31. The lowest BCUT2D eigenvalue weighted by molar-refractivity contribution is 0.411. The lowest BCUT2D eigenvalue weighted by Gasteiger charge is -2.20. The molecular weight excluding hydrogens is 262 g/mol. The molecule has 0 aliphatic heterocycles. The van der Waals surface area contributed by atoms with E-state index in [1.54, 1.807) is 7.11 Å². The van der Waals surface area contributed by atoms with Gasteiger partial charge in [-0.25, -0.2) is 0 Å². The van der Waals surface area contributed by atoms with E-state index in [-0.39, 0.29) is 5.41 Å². The SMILES string of the molecule is COc1ccc(C)cc1-n1c(Cl)nnc1C(C)(C)C. The maximum absolute atomic E-state index is 6.20. The zero-order valence-corrected chi connectivity index (χ0v) is 12.6. The number of nitrogens with zero attached hydrogens (tertiary/aromatic N) is 3. The highest BCUT2D eigenvalue weighted by atomic mass is 35.5. The molecule has 1 aromatic carbocycles. The molecule has 0 atom stereocenters. The molecule has 2 rings (SSSR count). The van der Waals surface area contributed by atoms with Crippen LogP contribution in [0.4, 0.5) is 0 Å². The van der Waals surface area contributed by atoms with Crippen molar-refractivity contribution in [3.63, 3.8) is 0 Å². The number of halogens is 1. The van der Waals surface area contributed by atoms with Crippen molar-refractivity contribution in [2.45, 2.75) is 33.1 Å². The smallest absolute Gasteiger partial charge is 0.229 e. The van der Waals surface area contributed by atoms with Gasteiger partial charge in [0.1, 0.15) is 11.6 Å². The third kappa shape index (κ3) is 2.59. The minimum Gasteiger partial charge on any atom is -0.495 e. The van der Waals surface area contributed by atoms with Crippen LogP contribution in [0.2, 0.25) is 5.28 Å².